The maximum Gasteiger partial charge on any atom is -0.162 e. The molecule has 0 N–H and O–H groups in total. The van der Waals surface area contributed by atoms with Crippen LogP contribution in [0.15, 0.2) is 48.0 Å². The van der Waals surface area contributed by atoms with Gasteiger partial charge in [0.2, 0.25) is 0 Å². The Labute approximate surface area is 199 Å². The largest absolute Gasteiger partial charge is 0.668 e. The van der Waals surface area contributed by atoms with Crippen LogP contribution in [0, 0.1) is 0 Å². The zero-order valence-electron chi connectivity index (χ0n) is 20.8. The van der Waals surface area contributed by atoms with Crippen LogP contribution < -0.4 is 0 Å². The summed E-state index contributed by atoms with van der Waals surface area (Å²) in [6.07, 6.45) is 3.61. The van der Waals surface area contributed by atoms with E-state index in [2.05, 4.69) is 93.8 Å². The van der Waals surface area contributed by atoms with Crippen LogP contribution in [0.1, 0.15) is 61.4 Å². The number of fused-ring (bicyclic) bond motifs is 1. The normalized spacial score (nSPS) is 18.9. The van der Waals surface area contributed by atoms with Crippen LogP contribution in [0.5, 0.6) is 0 Å². The first kappa shape index (κ1) is 26.2. The van der Waals surface area contributed by atoms with E-state index in [1.54, 1.807) is 33.8 Å². The summed E-state index contributed by atoms with van der Waals surface area (Å²) in [7, 11) is 7.00. The van der Waals surface area contributed by atoms with E-state index in [-0.39, 0.29) is 5.41 Å². The smallest absolute Gasteiger partial charge is 0.162 e. The van der Waals surface area contributed by atoms with Crippen molar-refractivity contribution in [1.82, 2.24) is 0 Å². The average molecular weight is 499 g/mol. The summed E-state index contributed by atoms with van der Waals surface area (Å²) in [5.74, 6) is 0. The maximum atomic E-state index is 6.04. The molecule has 4 rings (SSSR count). The number of rotatable bonds is 3. The Kier molecular flexibility index (Phi) is 9.89. The fourth-order valence-corrected chi connectivity index (χ4v) is 10.3. The molecule has 1 aliphatic carbocycles. The maximum absolute atomic E-state index is 6.04. The van der Waals surface area contributed by atoms with E-state index in [0.29, 0.717) is 7.44 Å². The molecule has 2 atom stereocenters. The summed E-state index contributed by atoms with van der Waals surface area (Å²) in [5.41, 5.74) is 8.89. The first-order valence-electron chi connectivity index (χ1n) is 11.2. The Bertz CT molecular complexity index is 866. The van der Waals surface area contributed by atoms with E-state index in [4.69, 9.17) is 2.81 Å². The van der Waals surface area contributed by atoms with Crippen molar-refractivity contribution in [3.05, 3.63) is 75.4 Å². The number of hydrogen-bond acceptors (Lipinski definition) is 1. The summed E-state index contributed by atoms with van der Waals surface area (Å²) >= 11 is -1.70. The molecule has 1 heterocycles. The second-order valence-corrected chi connectivity index (χ2v) is 15.2. The van der Waals surface area contributed by atoms with Crippen molar-refractivity contribution < 1.29 is 25.0 Å². The summed E-state index contributed by atoms with van der Waals surface area (Å²) in [4.78, 5) is 0. The van der Waals surface area contributed by atoms with Crippen molar-refractivity contribution in [2.75, 3.05) is 28.2 Å². The van der Waals surface area contributed by atoms with Crippen LogP contribution >= 0.6 is 0 Å². The van der Waals surface area contributed by atoms with Crippen LogP contribution in [0.2, 0.25) is 0 Å². The average Bonchev–Trinajstić information content (AvgIpc) is 3.32. The zero-order chi connectivity index (χ0) is 23.2. The van der Waals surface area contributed by atoms with Gasteiger partial charge in [0, 0.05) is 0 Å². The van der Waals surface area contributed by atoms with E-state index in [9.17, 15) is 0 Å². The Hall–Kier alpha value is -1.06. The molecule has 0 radical (unpaired) electrons. The molecule has 2 unspecified atom stereocenters. The van der Waals surface area contributed by atoms with Gasteiger partial charge in [-0.1, -0.05) is 0 Å². The second kappa shape index (κ2) is 11.7. The predicted octanol–water partition coefficient (Wildman–Crippen LogP) is 7.65. The standard InChI is InChI=1S/C21H23.2C2H6N.C2H4O.Zr/c1-5-15-13-17-7-6-8-19(20(17)14-15)16-9-11-18(12-10-16)21(2,3)4;2*1-3-2;1-2-3;/h6-14H,5H2,1-4H3;2*1-2H3;2H,1H3;/q;3*-1;+3. The molecule has 3 nitrogen and oxygen atoms in total. The van der Waals surface area contributed by atoms with Gasteiger partial charge in [-0.3, -0.25) is 0 Å². The minimum atomic E-state index is -1.70. The van der Waals surface area contributed by atoms with Crippen molar-refractivity contribution in [2.45, 2.75) is 53.9 Å². The molecule has 0 bridgehead atoms. The van der Waals surface area contributed by atoms with Crippen LogP contribution in [-0.2, 0) is 30.4 Å². The Morgan fingerprint density at radius 3 is 1.94 bits per heavy atom. The monoisotopic (exact) mass is 497 g/mol. The summed E-state index contributed by atoms with van der Waals surface area (Å²) in [6.45, 7) is 11.4. The van der Waals surface area contributed by atoms with Crippen molar-refractivity contribution in [2.24, 2.45) is 0 Å². The van der Waals surface area contributed by atoms with Gasteiger partial charge < -0.3 is 10.6 Å². The third-order valence-corrected chi connectivity index (χ3v) is 11.9. The van der Waals surface area contributed by atoms with Gasteiger partial charge in [-0.05, 0) is 0 Å². The quantitative estimate of drug-likeness (QED) is 0.401. The molecule has 1 fully saturated rings. The van der Waals surface area contributed by atoms with Gasteiger partial charge in [0.25, 0.3) is 0 Å². The molecular formula is C27H39N2OZr. The summed E-state index contributed by atoms with van der Waals surface area (Å²) in [6, 6.07) is 16.0. The van der Waals surface area contributed by atoms with Gasteiger partial charge in [0.15, 0.2) is 0 Å². The molecule has 1 aliphatic heterocycles. The molecule has 2 aliphatic rings. The minimum Gasteiger partial charge on any atom is -0.668 e. The van der Waals surface area contributed by atoms with Crippen molar-refractivity contribution in [3.8, 4) is 11.1 Å². The molecule has 4 heteroatoms. The predicted molar refractivity (Wildman–Crippen MR) is 133 cm³/mol. The third-order valence-electron chi connectivity index (χ3n) is 5.56. The third kappa shape index (κ3) is 6.48. The first-order chi connectivity index (χ1) is 14.7. The van der Waals surface area contributed by atoms with Crippen molar-refractivity contribution >= 4 is 6.08 Å². The van der Waals surface area contributed by atoms with E-state index in [1.165, 1.54) is 27.8 Å². The molecule has 2 aromatic carbocycles. The second-order valence-electron chi connectivity index (χ2n) is 9.20. The van der Waals surface area contributed by atoms with Crippen LogP contribution in [0.25, 0.3) is 27.8 Å². The fraction of sp³-hybridized carbons (Fsp3) is 0.481. The van der Waals surface area contributed by atoms with E-state index in [1.807, 2.05) is 0 Å². The number of hydrogen-bond donors (Lipinski definition) is 0. The van der Waals surface area contributed by atoms with Crippen LogP contribution in [0.3, 0.4) is 0 Å². The molecule has 2 aromatic rings. The van der Waals surface area contributed by atoms with E-state index in [0.717, 1.165) is 6.42 Å². The van der Waals surface area contributed by atoms with Crippen molar-refractivity contribution in [3.63, 3.8) is 0 Å². The van der Waals surface area contributed by atoms with E-state index < -0.39 is 22.2 Å². The molecule has 31 heavy (non-hydrogen) atoms. The van der Waals surface area contributed by atoms with Gasteiger partial charge in [-0.2, -0.15) is 28.2 Å². The van der Waals surface area contributed by atoms with Gasteiger partial charge >= 0.3 is 161 Å². The summed E-state index contributed by atoms with van der Waals surface area (Å²) < 4.78 is 7.28. The first-order valence-corrected chi connectivity index (χ1v) is 15.0. The van der Waals surface area contributed by atoms with Gasteiger partial charge in [-0.25, -0.2) is 0 Å². The Morgan fingerprint density at radius 1 is 0.935 bits per heavy atom. The number of allylic oxidation sites excluding steroid dienone is 1. The Balaban J connectivity index is 0.000000513. The number of benzene rings is 2. The fourth-order valence-electron chi connectivity index (χ4n) is 3.98. The van der Waals surface area contributed by atoms with E-state index >= 15 is 0 Å². The van der Waals surface area contributed by atoms with Gasteiger partial charge in [0.05, 0.1) is 0 Å². The minimum absolute atomic E-state index is 0.199. The molecule has 0 spiro atoms. The molecule has 0 saturated carbocycles. The Morgan fingerprint density at radius 2 is 1.48 bits per heavy atom. The molecule has 1 saturated heterocycles. The summed E-state index contributed by atoms with van der Waals surface area (Å²) in [5, 5.41) is 7.00. The molecule has 167 valence electrons. The number of nitrogens with zero attached hydrogens (tertiary/aromatic N) is 2. The van der Waals surface area contributed by atoms with Gasteiger partial charge in [0.1, 0.15) is 0 Å². The van der Waals surface area contributed by atoms with Crippen LogP contribution in [0.4, 0.5) is 0 Å². The zero-order valence-corrected chi connectivity index (χ0v) is 23.2. The van der Waals surface area contributed by atoms with Gasteiger partial charge in [-0.15, -0.1) is 0 Å². The molecule has 0 amide bonds. The molecular weight excluding hydrogens is 460 g/mol. The van der Waals surface area contributed by atoms with Crippen LogP contribution in [-0.4, -0.2) is 32.0 Å². The SMILES string of the molecule is CCC1=Cc2c(-c3ccc(C(C)(C)C)cc3)cccc2[CH]1[Zr+2]1[O][CH]1C.C[N-]C.C[N-]C. The van der Waals surface area contributed by atoms with Crippen molar-refractivity contribution in [1.29, 1.82) is 0 Å². The molecule has 0 aromatic heterocycles. The topological polar surface area (TPSA) is 40.7 Å².